The van der Waals surface area contributed by atoms with Crippen molar-refractivity contribution in [2.75, 3.05) is 13.2 Å². The average molecular weight is 408 g/mol. The fourth-order valence-corrected chi connectivity index (χ4v) is 5.08. The molecule has 2 heterocycles. The number of hydrogen-bond donors (Lipinski definition) is 1. The molecule has 3 aliphatic rings. The highest BCUT2D eigenvalue weighted by Gasteiger charge is 2.26. The molecule has 2 aromatic rings. The second-order valence-corrected chi connectivity index (χ2v) is 8.97. The zero-order valence-electron chi connectivity index (χ0n) is 17.7. The van der Waals surface area contributed by atoms with Gasteiger partial charge in [0, 0.05) is 25.3 Å². The van der Waals surface area contributed by atoms with Gasteiger partial charge in [0.1, 0.15) is 17.6 Å². The Morgan fingerprint density at radius 3 is 2.37 bits per heavy atom. The Balaban J connectivity index is 1.13. The summed E-state index contributed by atoms with van der Waals surface area (Å²) in [5.74, 6) is 2.00. The normalized spacial score (nSPS) is 27.1. The van der Waals surface area contributed by atoms with Crippen molar-refractivity contribution < 1.29 is 14.2 Å². The summed E-state index contributed by atoms with van der Waals surface area (Å²) in [5.41, 5.74) is 2.53. The number of benzene rings is 2. The number of fused-ring (bicyclic) bond motifs is 1. The first-order chi connectivity index (χ1) is 14.8. The first kappa shape index (κ1) is 19.9. The van der Waals surface area contributed by atoms with Gasteiger partial charge in [0.25, 0.3) is 0 Å². The Morgan fingerprint density at radius 1 is 0.800 bits per heavy atom. The summed E-state index contributed by atoms with van der Waals surface area (Å²) < 4.78 is 18.1. The molecule has 0 radical (unpaired) electrons. The summed E-state index contributed by atoms with van der Waals surface area (Å²) in [6, 6.07) is 18.2. The highest BCUT2D eigenvalue weighted by molar-refractivity contribution is 5.42. The topological polar surface area (TPSA) is 39.7 Å². The molecule has 1 N–H and O–H groups in total. The molecule has 5 rings (SSSR count). The third-order valence-electron chi connectivity index (χ3n) is 6.82. The number of ether oxygens (including phenoxy) is 3. The maximum absolute atomic E-state index is 6.37. The van der Waals surface area contributed by atoms with Gasteiger partial charge in [-0.2, -0.15) is 0 Å². The molecular formula is C26H33NO3. The van der Waals surface area contributed by atoms with Crippen molar-refractivity contribution in [1.82, 2.24) is 5.32 Å². The maximum atomic E-state index is 6.37. The smallest absolute Gasteiger partial charge is 0.124 e. The van der Waals surface area contributed by atoms with Crippen LogP contribution in [0.5, 0.6) is 11.5 Å². The van der Waals surface area contributed by atoms with Crippen LogP contribution in [-0.4, -0.2) is 31.4 Å². The predicted octanol–water partition coefficient (Wildman–Crippen LogP) is 5.21. The first-order valence-corrected chi connectivity index (χ1v) is 11.7. The maximum Gasteiger partial charge on any atom is 0.124 e. The summed E-state index contributed by atoms with van der Waals surface area (Å²) in [4.78, 5) is 0. The highest BCUT2D eigenvalue weighted by atomic mass is 16.5. The molecule has 1 saturated carbocycles. The summed E-state index contributed by atoms with van der Waals surface area (Å²) in [7, 11) is 0. The lowest BCUT2D eigenvalue weighted by Gasteiger charge is -2.34. The fraction of sp³-hybridized carbons (Fsp3) is 0.538. The molecule has 4 nitrogen and oxygen atoms in total. The van der Waals surface area contributed by atoms with Gasteiger partial charge in [-0.3, -0.25) is 0 Å². The van der Waals surface area contributed by atoms with Gasteiger partial charge in [-0.05, 0) is 80.7 Å². The van der Waals surface area contributed by atoms with Crippen molar-refractivity contribution in [3.63, 3.8) is 0 Å². The molecule has 0 amide bonds. The Bertz CT molecular complexity index is 810. The summed E-state index contributed by atoms with van der Waals surface area (Å²) in [6.45, 7) is 1.81. The molecule has 1 saturated heterocycles. The van der Waals surface area contributed by atoms with E-state index in [2.05, 4.69) is 53.8 Å². The molecule has 2 aliphatic heterocycles. The standard InChI is InChI=1S/C26H33NO3/c1-2-4-19(5-3-1)25-12-6-20-18-24(11-13-26(20)30-25)29-23-9-7-21(8-10-23)27-22-14-16-28-17-15-22/h1-5,11,13,18,21-23,25,27H,6-10,12,14-17H2. The van der Waals surface area contributed by atoms with E-state index in [1.54, 1.807) is 0 Å². The van der Waals surface area contributed by atoms with Gasteiger partial charge in [0.05, 0.1) is 6.10 Å². The lowest BCUT2D eigenvalue weighted by atomic mass is 9.91. The minimum atomic E-state index is 0.156. The van der Waals surface area contributed by atoms with Crippen molar-refractivity contribution in [3.05, 3.63) is 59.7 Å². The molecule has 160 valence electrons. The first-order valence-electron chi connectivity index (χ1n) is 11.7. The van der Waals surface area contributed by atoms with Gasteiger partial charge >= 0.3 is 0 Å². The molecule has 0 aromatic heterocycles. The molecule has 0 bridgehead atoms. The average Bonchev–Trinajstić information content (AvgIpc) is 2.81. The number of hydrogen-bond acceptors (Lipinski definition) is 4. The largest absolute Gasteiger partial charge is 0.490 e. The number of rotatable bonds is 5. The van der Waals surface area contributed by atoms with Crippen LogP contribution < -0.4 is 14.8 Å². The molecule has 1 atom stereocenters. The third kappa shape index (κ3) is 4.81. The summed E-state index contributed by atoms with van der Waals surface area (Å²) in [6.07, 6.45) is 9.51. The van der Waals surface area contributed by atoms with Crippen molar-refractivity contribution >= 4 is 0 Å². The van der Waals surface area contributed by atoms with Crippen LogP contribution >= 0.6 is 0 Å². The van der Waals surface area contributed by atoms with E-state index < -0.39 is 0 Å². The van der Waals surface area contributed by atoms with Crippen molar-refractivity contribution in [2.24, 2.45) is 0 Å². The second kappa shape index (κ2) is 9.40. The lowest BCUT2D eigenvalue weighted by molar-refractivity contribution is 0.0689. The van der Waals surface area contributed by atoms with Crippen LogP contribution in [0.2, 0.25) is 0 Å². The van der Waals surface area contributed by atoms with Crippen molar-refractivity contribution in [3.8, 4) is 11.5 Å². The lowest BCUT2D eigenvalue weighted by Crippen LogP contribution is -2.44. The highest BCUT2D eigenvalue weighted by Crippen LogP contribution is 2.37. The van der Waals surface area contributed by atoms with Crippen LogP contribution in [0.4, 0.5) is 0 Å². The van der Waals surface area contributed by atoms with E-state index in [0.29, 0.717) is 18.2 Å². The Labute approximate surface area is 179 Å². The summed E-state index contributed by atoms with van der Waals surface area (Å²) in [5, 5.41) is 3.85. The molecular weight excluding hydrogens is 374 g/mol. The van der Waals surface area contributed by atoms with Crippen LogP contribution in [0, 0.1) is 0 Å². The quantitative estimate of drug-likeness (QED) is 0.738. The molecule has 1 aliphatic carbocycles. The molecule has 1 unspecified atom stereocenters. The molecule has 4 heteroatoms. The van der Waals surface area contributed by atoms with Crippen LogP contribution in [0.3, 0.4) is 0 Å². The number of nitrogens with one attached hydrogen (secondary N) is 1. The molecule has 2 fully saturated rings. The van der Waals surface area contributed by atoms with Crippen LogP contribution in [0.25, 0.3) is 0 Å². The Hall–Kier alpha value is -2.04. The van der Waals surface area contributed by atoms with Gasteiger partial charge in [-0.15, -0.1) is 0 Å². The van der Waals surface area contributed by atoms with Gasteiger partial charge in [-0.1, -0.05) is 30.3 Å². The SMILES string of the molecule is c1ccc(C2CCc3cc(OC4CCC(NC5CCOCC5)CC4)ccc3O2)cc1. The van der Waals surface area contributed by atoms with Crippen molar-refractivity contribution in [1.29, 1.82) is 0 Å². The minimum absolute atomic E-state index is 0.156. The second-order valence-electron chi connectivity index (χ2n) is 8.97. The van der Waals surface area contributed by atoms with E-state index in [9.17, 15) is 0 Å². The molecule has 2 aromatic carbocycles. The van der Waals surface area contributed by atoms with E-state index in [4.69, 9.17) is 14.2 Å². The van der Waals surface area contributed by atoms with Gasteiger partial charge < -0.3 is 19.5 Å². The monoisotopic (exact) mass is 407 g/mol. The van der Waals surface area contributed by atoms with E-state index >= 15 is 0 Å². The minimum Gasteiger partial charge on any atom is -0.490 e. The van der Waals surface area contributed by atoms with Gasteiger partial charge in [0.2, 0.25) is 0 Å². The zero-order valence-corrected chi connectivity index (χ0v) is 17.7. The van der Waals surface area contributed by atoms with E-state index in [1.165, 1.54) is 24.0 Å². The van der Waals surface area contributed by atoms with Crippen LogP contribution in [-0.2, 0) is 11.2 Å². The van der Waals surface area contributed by atoms with Crippen LogP contribution in [0.15, 0.2) is 48.5 Å². The number of aryl methyl sites for hydroxylation is 1. The van der Waals surface area contributed by atoms with Crippen molar-refractivity contribution in [2.45, 2.75) is 75.7 Å². The third-order valence-corrected chi connectivity index (χ3v) is 6.82. The van der Waals surface area contributed by atoms with E-state index in [0.717, 1.165) is 63.2 Å². The van der Waals surface area contributed by atoms with E-state index in [1.807, 2.05) is 0 Å². The van der Waals surface area contributed by atoms with Gasteiger partial charge in [-0.25, -0.2) is 0 Å². The van der Waals surface area contributed by atoms with Gasteiger partial charge in [0.15, 0.2) is 0 Å². The summed E-state index contributed by atoms with van der Waals surface area (Å²) >= 11 is 0. The van der Waals surface area contributed by atoms with E-state index in [-0.39, 0.29) is 6.10 Å². The fourth-order valence-electron chi connectivity index (χ4n) is 5.08. The molecule has 0 spiro atoms. The zero-order chi connectivity index (χ0) is 20.2. The Morgan fingerprint density at radius 2 is 1.57 bits per heavy atom. The predicted molar refractivity (Wildman–Crippen MR) is 118 cm³/mol. The Kier molecular flexibility index (Phi) is 6.24. The molecule has 30 heavy (non-hydrogen) atoms. The van der Waals surface area contributed by atoms with Crippen LogP contribution in [0.1, 0.15) is 62.2 Å².